The van der Waals surface area contributed by atoms with Crippen LogP contribution in [-0.2, 0) is 5.75 Å². The molecule has 2 heterocycles. The fourth-order valence-corrected chi connectivity index (χ4v) is 4.79. The van der Waals surface area contributed by atoms with Crippen molar-refractivity contribution >= 4 is 34.7 Å². The number of thioether (sulfide) groups is 1. The third kappa shape index (κ3) is 5.00. The molecule has 0 spiro atoms. The molecule has 164 valence electrons. The molecule has 32 heavy (non-hydrogen) atoms. The van der Waals surface area contributed by atoms with E-state index in [1.54, 1.807) is 23.5 Å². The Bertz CT molecular complexity index is 1180. The topological polar surface area (TPSA) is 98.1 Å². The van der Waals surface area contributed by atoms with E-state index in [1.807, 2.05) is 29.6 Å². The molecule has 0 bridgehead atoms. The van der Waals surface area contributed by atoms with Crippen LogP contribution in [0.3, 0.4) is 0 Å². The lowest BCUT2D eigenvalue weighted by molar-refractivity contribution is 0.100. The van der Waals surface area contributed by atoms with E-state index >= 15 is 0 Å². The van der Waals surface area contributed by atoms with Gasteiger partial charge in [0.25, 0.3) is 5.22 Å². The Kier molecular flexibility index (Phi) is 6.87. The van der Waals surface area contributed by atoms with Crippen LogP contribution in [0.1, 0.15) is 29.9 Å². The Morgan fingerprint density at radius 2 is 1.72 bits per heavy atom. The number of amides is 1. The number of carbonyl (C=O) groups is 1. The molecule has 2 N–H and O–H groups in total. The molecule has 0 fully saturated rings. The van der Waals surface area contributed by atoms with Crippen molar-refractivity contribution in [2.45, 2.75) is 24.8 Å². The highest BCUT2D eigenvalue weighted by Crippen LogP contribution is 2.29. The maximum Gasteiger partial charge on any atom is 0.277 e. The zero-order valence-corrected chi connectivity index (χ0v) is 19.4. The third-order valence-electron chi connectivity index (χ3n) is 4.96. The van der Waals surface area contributed by atoms with Gasteiger partial charge < -0.3 is 15.1 Å². The molecular formula is C23H23N5O2S2. The van der Waals surface area contributed by atoms with Crippen molar-refractivity contribution in [1.82, 2.24) is 15.2 Å². The van der Waals surface area contributed by atoms with Crippen LogP contribution < -0.4 is 10.6 Å². The van der Waals surface area contributed by atoms with E-state index in [0.29, 0.717) is 22.4 Å². The van der Waals surface area contributed by atoms with E-state index in [1.165, 1.54) is 17.4 Å². The van der Waals surface area contributed by atoms with Crippen LogP contribution in [-0.4, -0.2) is 34.2 Å². The van der Waals surface area contributed by atoms with Crippen molar-refractivity contribution in [1.29, 1.82) is 0 Å². The molecule has 0 saturated carbocycles. The summed E-state index contributed by atoms with van der Waals surface area (Å²) in [6.07, 6.45) is 0. The molecule has 4 aromatic rings. The largest absolute Gasteiger partial charge is 0.411 e. The predicted octanol–water partition coefficient (Wildman–Crippen LogP) is 5.10. The van der Waals surface area contributed by atoms with Crippen LogP contribution in [0.2, 0.25) is 0 Å². The molecule has 9 heteroatoms. The van der Waals surface area contributed by atoms with E-state index in [0.717, 1.165) is 34.9 Å². The Balaban J connectivity index is 1.38. The van der Waals surface area contributed by atoms with Crippen molar-refractivity contribution in [3.63, 3.8) is 0 Å². The van der Waals surface area contributed by atoms with Crippen molar-refractivity contribution in [3.8, 4) is 22.0 Å². The monoisotopic (exact) mass is 465 g/mol. The quantitative estimate of drug-likeness (QED) is 0.343. The third-order valence-corrected chi connectivity index (χ3v) is 6.75. The summed E-state index contributed by atoms with van der Waals surface area (Å²) in [4.78, 5) is 18.2. The summed E-state index contributed by atoms with van der Waals surface area (Å²) in [6, 6.07) is 15.3. The van der Waals surface area contributed by atoms with Gasteiger partial charge >= 0.3 is 0 Å². The van der Waals surface area contributed by atoms with Crippen LogP contribution in [0.4, 0.5) is 5.69 Å². The van der Waals surface area contributed by atoms with E-state index in [2.05, 4.69) is 46.1 Å². The van der Waals surface area contributed by atoms with E-state index in [4.69, 9.17) is 10.2 Å². The van der Waals surface area contributed by atoms with Gasteiger partial charge in [-0.1, -0.05) is 23.9 Å². The first-order chi connectivity index (χ1) is 15.6. The van der Waals surface area contributed by atoms with Crippen LogP contribution in [0.25, 0.3) is 22.0 Å². The molecule has 0 aliphatic rings. The number of primary amides is 1. The van der Waals surface area contributed by atoms with E-state index in [9.17, 15) is 4.79 Å². The van der Waals surface area contributed by atoms with Crippen molar-refractivity contribution in [3.05, 3.63) is 65.2 Å². The molecule has 2 aromatic heterocycles. The lowest BCUT2D eigenvalue weighted by atomic mass is 10.1. The lowest BCUT2D eigenvalue weighted by Crippen LogP contribution is -2.21. The second kappa shape index (κ2) is 9.97. The van der Waals surface area contributed by atoms with Gasteiger partial charge in [0, 0.05) is 46.6 Å². The number of benzene rings is 2. The second-order valence-corrected chi connectivity index (χ2v) is 8.75. The average Bonchev–Trinajstić information content (AvgIpc) is 3.49. The molecule has 0 aliphatic heterocycles. The Morgan fingerprint density at radius 3 is 2.38 bits per heavy atom. The van der Waals surface area contributed by atoms with Crippen LogP contribution >= 0.6 is 23.1 Å². The van der Waals surface area contributed by atoms with Gasteiger partial charge in [-0.05, 0) is 50.2 Å². The van der Waals surface area contributed by atoms with E-state index in [-0.39, 0.29) is 0 Å². The van der Waals surface area contributed by atoms with Gasteiger partial charge in [-0.15, -0.1) is 21.5 Å². The van der Waals surface area contributed by atoms with Crippen LogP contribution in [0.5, 0.6) is 0 Å². The zero-order chi connectivity index (χ0) is 22.5. The zero-order valence-electron chi connectivity index (χ0n) is 17.8. The summed E-state index contributed by atoms with van der Waals surface area (Å²) in [5, 5.41) is 11.7. The first kappa shape index (κ1) is 22.0. The Hall–Kier alpha value is -3.17. The highest BCUT2D eigenvalue weighted by molar-refractivity contribution is 7.98. The first-order valence-electron chi connectivity index (χ1n) is 10.2. The van der Waals surface area contributed by atoms with Gasteiger partial charge in [0.1, 0.15) is 5.01 Å². The van der Waals surface area contributed by atoms with Gasteiger partial charge in [0.2, 0.25) is 11.8 Å². The molecule has 0 radical (unpaired) electrons. The van der Waals surface area contributed by atoms with Crippen molar-refractivity contribution < 1.29 is 9.21 Å². The summed E-state index contributed by atoms with van der Waals surface area (Å²) in [7, 11) is 0. The number of hydrogen-bond acceptors (Lipinski definition) is 8. The number of nitrogens with two attached hydrogens (primary N) is 1. The number of carbonyl (C=O) groups excluding carboxylic acids is 1. The first-order valence-corrected chi connectivity index (χ1v) is 12.1. The molecule has 0 saturated heterocycles. The Labute approximate surface area is 194 Å². The van der Waals surface area contributed by atoms with Gasteiger partial charge in [0.05, 0.1) is 5.69 Å². The minimum Gasteiger partial charge on any atom is -0.411 e. The maximum atomic E-state index is 11.2. The normalized spacial score (nSPS) is 10.9. The highest BCUT2D eigenvalue weighted by Gasteiger charge is 2.12. The molecule has 0 unspecified atom stereocenters. The molecule has 1 amide bonds. The standard InChI is InChI=1S/C23H23N5O2S2/c1-3-28(4-2)19-11-9-16(10-12-19)21-26-27-23(30-21)32-14-18-13-31-22(25-18)17-7-5-15(6-8-17)20(24)29/h5-13H,3-4,14H2,1-2H3,(H2,24,29). The molecular weight excluding hydrogens is 442 g/mol. The van der Waals surface area contributed by atoms with Gasteiger partial charge in [-0.2, -0.15) is 0 Å². The number of nitrogens with zero attached hydrogens (tertiary/aromatic N) is 4. The number of thiazole rings is 1. The molecule has 7 nitrogen and oxygen atoms in total. The van der Waals surface area contributed by atoms with Crippen LogP contribution in [0, 0.1) is 0 Å². The van der Waals surface area contributed by atoms with E-state index < -0.39 is 5.91 Å². The van der Waals surface area contributed by atoms with Gasteiger partial charge in [-0.25, -0.2) is 4.98 Å². The summed E-state index contributed by atoms with van der Waals surface area (Å²) in [5.74, 6) is 0.692. The van der Waals surface area contributed by atoms with Crippen LogP contribution in [0.15, 0.2) is 63.6 Å². The smallest absolute Gasteiger partial charge is 0.277 e. The summed E-state index contributed by atoms with van der Waals surface area (Å²) in [5.41, 5.74) is 9.73. The fourth-order valence-electron chi connectivity index (χ4n) is 3.21. The minimum atomic E-state index is -0.438. The fraction of sp³-hybridized carbons (Fsp3) is 0.217. The minimum absolute atomic E-state index is 0.438. The second-order valence-electron chi connectivity index (χ2n) is 6.97. The molecule has 2 aromatic carbocycles. The van der Waals surface area contributed by atoms with Crippen molar-refractivity contribution in [2.24, 2.45) is 5.73 Å². The van der Waals surface area contributed by atoms with Gasteiger partial charge in [0.15, 0.2) is 0 Å². The number of anilines is 1. The SMILES string of the molecule is CCN(CC)c1ccc(-c2nnc(SCc3csc(-c4ccc(C(N)=O)cc4)n3)o2)cc1. The summed E-state index contributed by atoms with van der Waals surface area (Å²) in [6.45, 7) is 6.22. The Morgan fingerprint density at radius 1 is 1.03 bits per heavy atom. The molecule has 0 atom stereocenters. The number of rotatable bonds is 9. The van der Waals surface area contributed by atoms with Crippen molar-refractivity contribution in [2.75, 3.05) is 18.0 Å². The number of hydrogen-bond donors (Lipinski definition) is 1. The number of aromatic nitrogens is 3. The van der Waals surface area contributed by atoms with Gasteiger partial charge in [-0.3, -0.25) is 4.79 Å². The predicted molar refractivity (Wildman–Crippen MR) is 129 cm³/mol. The maximum absolute atomic E-state index is 11.2. The lowest BCUT2D eigenvalue weighted by Gasteiger charge is -2.20. The molecule has 4 rings (SSSR count). The average molecular weight is 466 g/mol. The summed E-state index contributed by atoms with van der Waals surface area (Å²) < 4.78 is 5.83. The molecule has 0 aliphatic carbocycles. The highest BCUT2D eigenvalue weighted by atomic mass is 32.2. The summed E-state index contributed by atoms with van der Waals surface area (Å²) >= 11 is 3.00.